The molecule has 10 heavy (non-hydrogen) atoms. The Labute approximate surface area is 110 Å². The molecule has 0 saturated carbocycles. The molecule has 0 aromatic carbocycles. The van der Waals surface area contributed by atoms with E-state index >= 15 is 0 Å². The molecule has 1 aliphatic rings. The fraction of sp³-hybridized carbons (Fsp3) is 0.800. The van der Waals surface area contributed by atoms with Crippen molar-refractivity contribution >= 4 is 5.96 Å². The minimum absolute atomic E-state index is 0. The Hall–Kier alpha value is 1.04. The van der Waals surface area contributed by atoms with Crippen LogP contribution in [0.25, 0.3) is 5.32 Å². The summed E-state index contributed by atoms with van der Waals surface area (Å²) in [4.78, 5) is 4.01. The van der Waals surface area contributed by atoms with Crippen LogP contribution in [0.4, 0.5) is 0 Å². The van der Waals surface area contributed by atoms with Gasteiger partial charge in [0, 0.05) is 5.96 Å². The number of hydrogen-bond donors (Lipinski definition) is 2. The van der Waals surface area contributed by atoms with Gasteiger partial charge in [0.1, 0.15) is 0 Å². The first kappa shape index (κ1) is 11.0. The first-order valence-corrected chi connectivity index (χ1v) is 3.05. The van der Waals surface area contributed by atoms with E-state index in [0.29, 0.717) is 12.0 Å². The smallest absolute Gasteiger partial charge is 0.394 e. The fourth-order valence-electron chi connectivity index (χ4n) is 0.754. The van der Waals surface area contributed by atoms with E-state index < -0.39 is 0 Å². The summed E-state index contributed by atoms with van der Waals surface area (Å²) in [6, 6.07) is 0.369. The van der Waals surface area contributed by atoms with Crippen molar-refractivity contribution in [1.29, 1.82) is 0 Å². The average molecular weight is 213 g/mol. The minimum Gasteiger partial charge on any atom is -0.394 e. The molecule has 0 aliphatic carbocycles. The summed E-state index contributed by atoms with van der Waals surface area (Å²) in [5.41, 5.74) is 2.42. The van der Waals surface area contributed by atoms with Crippen LogP contribution in [0, 0.1) is 0 Å². The fourth-order valence-corrected chi connectivity index (χ4v) is 0.754. The van der Waals surface area contributed by atoms with Gasteiger partial charge in [0.2, 0.25) is 0 Å². The third-order valence-corrected chi connectivity index (χ3v) is 1.28. The number of nitrogens with one attached hydrogen (secondary N) is 1. The summed E-state index contributed by atoms with van der Waals surface area (Å²) < 4.78 is 0. The molecule has 1 rings (SSSR count). The second kappa shape index (κ2) is 5.66. The molecule has 4 nitrogen and oxygen atoms in total. The number of nitrogens with two attached hydrogens (primary N) is 1. The van der Waals surface area contributed by atoms with Crippen LogP contribution in [0.2, 0.25) is 0 Å². The molecule has 0 amide bonds. The second-order valence-electron chi connectivity index (χ2n) is 2.12. The van der Waals surface area contributed by atoms with Crippen LogP contribution in [-0.4, -0.2) is 18.5 Å². The summed E-state index contributed by atoms with van der Waals surface area (Å²) in [7, 11) is 0. The van der Waals surface area contributed by atoms with E-state index in [1.54, 1.807) is 0 Å². The van der Waals surface area contributed by atoms with Gasteiger partial charge in [0.15, 0.2) is 0 Å². The van der Waals surface area contributed by atoms with Crippen molar-refractivity contribution in [1.82, 2.24) is 5.43 Å². The normalized spacial score (nSPS) is 23.8. The number of guanidine groups is 1. The van der Waals surface area contributed by atoms with Crippen LogP contribution in [-0.2, 0) is 0 Å². The Morgan fingerprint density at radius 1 is 1.80 bits per heavy atom. The van der Waals surface area contributed by atoms with E-state index in [-0.39, 0.29) is 58.2 Å². The first-order valence-electron chi connectivity index (χ1n) is 3.05. The largest absolute Gasteiger partial charge is 1.00 e. The number of hydrogen-bond acceptors (Lipinski definition) is 3. The molecule has 1 unspecified atom stereocenters. The van der Waals surface area contributed by atoms with Crippen LogP contribution in [0.5, 0.6) is 0 Å². The van der Waals surface area contributed by atoms with E-state index in [4.69, 9.17) is 5.84 Å². The Morgan fingerprint density at radius 3 is 2.90 bits per heavy atom. The molecular weight excluding hydrogens is 202 g/mol. The maximum absolute atomic E-state index is 5.09. The molecule has 1 aliphatic heterocycles. The third kappa shape index (κ3) is 3.43. The van der Waals surface area contributed by atoms with E-state index in [0.717, 1.165) is 13.0 Å². The molecule has 0 fully saturated rings. The van der Waals surface area contributed by atoms with Crippen LogP contribution >= 0.6 is 0 Å². The molecule has 0 aromatic rings. The summed E-state index contributed by atoms with van der Waals surface area (Å²) in [5.74, 6) is 5.67. The van der Waals surface area contributed by atoms with Crippen LogP contribution in [0.3, 0.4) is 0 Å². The molecule has 0 saturated heterocycles. The maximum atomic E-state index is 5.09. The standard InChI is InChI=1S/C5H11N4.Rb/c1-4-2-3-7-5(8-4)9-6;/h4H,2-3,6H2,1H3,(H-,7,8,9);/q-1;+1. The zero-order chi connectivity index (χ0) is 6.69. The van der Waals surface area contributed by atoms with Gasteiger partial charge >= 0.3 is 58.2 Å². The summed E-state index contributed by atoms with van der Waals surface area (Å²) in [6.45, 7) is 2.89. The maximum Gasteiger partial charge on any atom is 1.00 e. The molecule has 0 bridgehead atoms. The zero-order valence-corrected chi connectivity index (χ0v) is 11.4. The number of aliphatic imine (C=N–C) groups is 1. The molecule has 52 valence electrons. The summed E-state index contributed by atoms with van der Waals surface area (Å²) in [6.07, 6.45) is 1.03. The van der Waals surface area contributed by atoms with Crippen LogP contribution in [0.1, 0.15) is 13.3 Å². The zero-order valence-electron chi connectivity index (χ0n) is 6.46. The van der Waals surface area contributed by atoms with Crippen molar-refractivity contribution in [3.63, 3.8) is 0 Å². The van der Waals surface area contributed by atoms with Gasteiger partial charge in [-0.3, -0.25) is 5.84 Å². The van der Waals surface area contributed by atoms with Crippen LogP contribution in [0.15, 0.2) is 4.99 Å². The van der Waals surface area contributed by atoms with Crippen LogP contribution < -0.4 is 69.5 Å². The monoisotopic (exact) mass is 212 g/mol. The van der Waals surface area contributed by atoms with Gasteiger partial charge in [-0.1, -0.05) is 6.92 Å². The average Bonchev–Trinajstić information content (AvgIpc) is 1.88. The van der Waals surface area contributed by atoms with Crippen molar-refractivity contribution in [3.8, 4) is 0 Å². The molecule has 0 aromatic heterocycles. The van der Waals surface area contributed by atoms with Crippen molar-refractivity contribution < 1.29 is 58.2 Å². The van der Waals surface area contributed by atoms with Gasteiger partial charge in [0.05, 0.1) is 0 Å². The van der Waals surface area contributed by atoms with E-state index in [9.17, 15) is 0 Å². The predicted molar refractivity (Wildman–Crippen MR) is 37.1 cm³/mol. The van der Waals surface area contributed by atoms with E-state index in [2.05, 4.69) is 15.7 Å². The Kier molecular flexibility index (Phi) is 6.24. The predicted octanol–water partition coefficient (Wildman–Crippen LogP) is -3.02. The van der Waals surface area contributed by atoms with Gasteiger partial charge in [-0.15, -0.1) is 0 Å². The van der Waals surface area contributed by atoms with E-state index in [1.165, 1.54) is 0 Å². The quantitative estimate of drug-likeness (QED) is 0.332. The number of nitrogens with zero attached hydrogens (tertiary/aromatic N) is 2. The topological polar surface area (TPSA) is 64.5 Å². The summed E-state index contributed by atoms with van der Waals surface area (Å²) in [5, 5.41) is 4.11. The second-order valence-corrected chi connectivity index (χ2v) is 2.12. The first-order chi connectivity index (χ1) is 4.33. The molecule has 5 heteroatoms. The van der Waals surface area contributed by atoms with Gasteiger partial charge < -0.3 is 15.7 Å². The molecule has 1 heterocycles. The van der Waals surface area contributed by atoms with Gasteiger partial charge in [0.25, 0.3) is 0 Å². The number of hydrazine groups is 1. The van der Waals surface area contributed by atoms with Crippen molar-refractivity contribution in [2.75, 3.05) is 6.54 Å². The van der Waals surface area contributed by atoms with E-state index in [1.807, 2.05) is 6.92 Å². The molecule has 3 N–H and O–H groups in total. The van der Waals surface area contributed by atoms with Crippen molar-refractivity contribution in [3.05, 3.63) is 5.32 Å². The Balaban J connectivity index is 0.000000810. The third-order valence-electron chi connectivity index (χ3n) is 1.28. The Bertz CT molecular complexity index is 125. The number of rotatable bonds is 0. The summed E-state index contributed by atoms with van der Waals surface area (Å²) >= 11 is 0. The van der Waals surface area contributed by atoms with Crippen molar-refractivity contribution in [2.45, 2.75) is 19.4 Å². The SMILES string of the molecule is CC1CCN=C(NN)[N-]1.[Rb+]. The molecular formula is C5H11N4Rb. The molecule has 0 radical (unpaired) electrons. The minimum atomic E-state index is 0. The molecule has 1 atom stereocenters. The Morgan fingerprint density at radius 2 is 2.50 bits per heavy atom. The van der Waals surface area contributed by atoms with Crippen molar-refractivity contribution in [2.24, 2.45) is 10.8 Å². The molecule has 0 spiro atoms. The van der Waals surface area contributed by atoms with Gasteiger partial charge in [-0.2, -0.15) is 0 Å². The van der Waals surface area contributed by atoms with Gasteiger partial charge in [-0.25, -0.2) is 0 Å². The van der Waals surface area contributed by atoms with Gasteiger partial charge in [-0.05, 0) is 19.0 Å².